The van der Waals surface area contributed by atoms with E-state index in [1.165, 1.54) is 13.8 Å². The normalized spacial score (nSPS) is 13.5. The maximum Gasteiger partial charge on any atom is 0.334 e. The number of amides is 3. The summed E-state index contributed by atoms with van der Waals surface area (Å²) in [4.78, 5) is 49.7. The summed E-state index contributed by atoms with van der Waals surface area (Å²) in [5.74, 6) is -2.63. The number of aliphatic carboxylic acids is 1. The molecular weight excluding hydrogens is 454 g/mol. The first kappa shape index (κ1) is 27.6. The third-order valence-corrected chi connectivity index (χ3v) is 5.14. The second-order valence-electron chi connectivity index (χ2n) is 8.78. The molecule has 1 unspecified atom stereocenters. The lowest BCUT2D eigenvalue weighted by Gasteiger charge is -2.28. The average molecular weight is 488 g/mol. The van der Waals surface area contributed by atoms with Crippen molar-refractivity contribution in [1.82, 2.24) is 15.5 Å². The number of nitrogens with zero attached hydrogens (tertiary/aromatic N) is 1. The summed E-state index contributed by atoms with van der Waals surface area (Å²) >= 11 is 0. The highest BCUT2D eigenvalue weighted by Gasteiger charge is 2.29. The molecule has 2 aromatic rings. The summed E-state index contributed by atoms with van der Waals surface area (Å²) in [6.07, 6.45) is -2.61. The van der Waals surface area contributed by atoms with E-state index in [1.54, 1.807) is 0 Å². The third kappa shape index (κ3) is 8.56. The quantitative estimate of drug-likeness (QED) is 0.280. The number of ether oxygens (including phenoxy) is 1. The molecule has 190 valence electrons. The molecule has 0 saturated carbocycles. The average Bonchev–Trinajstić information content (AvgIpc) is 2.77. The minimum absolute atomic E-state index is 0.0231. The fourth-order valence-electron chi connectivity index (χ4n) is 3.66. The number of carbonyl (C=O) groups excluding carboxylic acids is 3. The fourth-order valence-corrected chi connectivity index (χ4v) is 3.66. The molecule has 0 saturated heterocycles. The number of carboxylic acids is 1. The first-order chi connectivity index (χ1) is 16.5. The maximum atomic E-state index is 13.1. The van der Waals surface area contributed by atoms with E-state index >= 15 is 0 Å². The second-order valence-corrected chi connectivity index (χ2v) is 8.78. The Bertz CT molecular complexity index is 1050. The molecule has 0 aromatic heterocycles. The van der Waals surface area contributed by atoms with Crippen LogP contribution in [0.1, 0.15) is 33.3 Å². The maximum absolute atomic E-state index is 13.1. The summed E-state index contributed by atoms with van der Waals surface area (Å²) in [5.41, 5.74) is 0.790. The SMILES string of the molecule is CC(=O)N[C@H](C)OC(=O)[C@H](Cc1cccc2ccccc12)NC(=O)N(CC(C)C)CC(O)C(=O)O. The van der Waals surface area contributed by atoms with Crippen molar-refractivity contribution in [2.24, 2.45) is 5.92 Å². The van der Waals surface area contributed by atoms with Crippen molar-refractivity contribution in [3.05, 3.63) is 48.0 Å². The number of carbonyl (C=O) groups is 4. The van der Waals surface area contributed by atoms with Gasteiger partial charge in [-0.3, -0.25) is 4.79 Å². The highest BCUT2D eigenvalue weighted by molar-refractivity contribution is 5.88. The lowest BCUT2D eigenvalue weighted by Crippen LogP contribution is -2.53. The van der Waals surface area contributed by atoms with Crippen molar-refractivity contribution in [3.8, 4) is 0 Å². The summed E-state index contributed by atoms with van der Waals surface area (Å²) in [7, 11) is 0. The highest BCUT2D eigenvalue weighted by Crippen LogP contribution is 2.20. The van der Waals surface area contributed by atoms with Crippen LogP contribution in [0, 0.1) is 5.92 Å². The van der Waals surface area contributed by atoms with Crippen molar-refractivity contribution in [3.63, 3.8) is 0 Å². The van der Waals surface area contributed by atoms with E-state index in [1.807, 2.05) is 56.3 Å². The number of aliphatic hydroxyl groups excluding tert-OH is 1. The van der Waals surface area contributed by atoms with Crippen LogP contribution in [0.25, 0.3) is 10.8 Å². The van der Waals surface area contributed by atoms with E-state index in [0.717, 1.165) is 21.2 Å². The Morgan fingerprint density at radius 3 is 2.26 bits per heavy atom. The molecule has 3 amide bonds. The van der Waals surface area contributed by atoms with Crippen molar-refractivity contribution in [2.75, 3.05) is 13.1 Å². The van der Waals surface area contributed by atoms with E-state index in [4.69, 9.17) is 9.84 Å². The van der Waals surface area contributed by atoms with E-state index < -0.39 is 42.9 Å². The van der Waals surface area contributed by atoms with Gasteiger partial charge in [-0.15, -0.1) is 0 Å². The molecule has 10 heteroatoms. The summed E-state index contributed by atoms with van der Waals surface area (Å²) < 4.78 is 5.34. The van der Waals surface area contributed by atoms with Crippen LogP contribution in [-0.2, 0) is 25.5 Å². The second kappa shape index (κ2) is 12.7. The number of nitrogens with one attached hydrogen (secondary N) is 2. The number of hydrogen-bond acceptors (Lipinski definition) is 6. The zero-order chi connectivity index (χ0) is 26.1. The summed E-state index contributed by atoms with van der Waals surface area (Å²) in [5, 5.41) is 25.8. The Balaban J connectivity index is 2.32. The van der Waals surface area contributed by atoms with Crippen LogP contribution < -0.4 is 10.6 Å². The number of carboxylic acid groups (broad SMARTS) is 1. The van der Waals surface area contributed by atoms with Gasteiger partial charge in [0.2, 0.25) is 5.91 Å². The highest BCUT2D eigenvalue weighted by atomic mass is 16.6. The van der Waals surface area contributed by atoms with Gasteiger partial charge in [-0.25, -0.2) is 14.4 Å². The zero-order valence-corrected chi connectivity index (χ0v) is 20.4. The Morgan fingerprint density at radius 2 is 1.63 bits per heavy atom. The van der Waals surface area contributed by atoms with Gasteiger partial charge in [0, 0.05) is 19.9 Å². The Labute approximate surface area is 204 Å². The number of benzene rings is 2. The largest absolute Gasteiger partial charge is 0.479 e. The van der Waals surface area contributed by atoms with Crippen LogP contribution >= 0.6 is 0 Å². The smallest absolute Gasteiger partial charge is 0.334 e. The minimum Gasteiger partial charge on any atom is -0.479 e. The van der Waals surface area contributed by atoms with Crippen LogP contribution in [-0.4, -0.2) is 70.5 Å². The van der Waals surface area contributed by atoms with Crippen molar-refractivity contribution < 1.29 is 34.1 Å². The fraction of sp³-hybridized carbons (Fsp3) is 0.440. The number of hydrogen-bond donors (Lipinski definition) is 4. The topological polar surface area (TPSA) is 145 Å². The van der Waals surface area contributed by atoms with Gasteiger partial charge in [0.1, 0.15) is 6.04 Å². The van der Waals surface area contributed by atoms with Crippen molar-refractivity contribution in [1.29, 1.82) is 0 Å². The first-order valence-corrected chi connectivity index (χ1v) is 11.4. The van der Waals surface area contributed by atoms with E-state index in [-0.39, 0.29) is 24.8 Å². The van der Waals surface area contributed by atoms with Crippen LogP contribution in [0.4, 0.5) is 4.79 Å². The lowest BCUT2D eigenvalue weighted by atomic mass is 9.99. The van der Waals surface area contributed by atoms with Crippen LogP contribution in [0.5, 0.6) is 0 Å². The van der Waals surface area contributed by atoms with Gasteiger partial charge in [0.25, 0.3) is 0 Å². The molecule has 0 fully saturated rings. The molecule has 0 aliphatic heterocycles. The summed E-state index contributed by atoms with van der Waals surface area (Å²) in [6.45, 7) is 6.17. The monoisotopic (exact) mass is 487 g/mol. The standard InChI is InChI=1S/C25H33N3O7/c1-15(2)13-28(14-22(30)23(31)32)25(34)27-21(24(33)35-17(4)26-16(3)29)12-19-10-7-9-18-8-5-6-11-20(18)19/h5-11,15,17,21-22,30H,12-14H2,1-4H3,(H,26,29)(H,27,34)(H,31,32)/t17-,21-,22?/m0/s1. The Kier molecular flexibility index (Phi) is 10.0. The first-order valence-electron chi connectivity index (χ1n) is 11.4. The van der Waals surface area contributed by atoms with Gasteiger partial charge in [0.15, 0.2) is 12.3 Å². The van der Waals surface area contributed by atoms with Gasteiger partial charge in [0.05, 0.1) is 6.54 Å². The number of aliphatic hydroxyl groups is 1. The molecule has 2 aromatic carbocycles. The van der Waals surface area contributed by atoms with Crippen LogP contribution in [0.15, 0.2) is 42.5 Å². The van der Waals surface area contributed by atoms with E-state index in [9.17, 15) is 24.3 Å². The Hall–Kier alpha value is -3.66. The molecule has 0 spiro atoms. The molecule has 0 bridgehead atoms. The van der Waals surface area contributed by atoms with Gasteiger partial charge in [-0.1, -0.05) is 56.3 Å². The molecule has 10 nitrogen and oxygen atoms in total. The Morgan fingerprint density at radius 1 is 0.971 bits per heavy atom. The molecule has 0 heterocycles. The van der Waals surface area contributed by atoms with Crippen molar-refractivity contribution >= 4 is 34.6 Å². The number of rotatable bonds is 11. The van der Waals surface area contributed by atoms with Gasteiger partial charge >= 0.3 is 18.0 Å². The molecule has 2 rings (SSSR count). The van der Waals surface area contributed by atoms with Crippen LogP contribution in [0.3, 0.4) is 0 Å². The molecule has 4 N–H and O–H groups in total. The predicted molar refractivity (Wildman–Crippen MR) is 129 cm³/mol. The molecule has 3 atom stereocenters. The van der Waals surface area contributed by atoms with Crippen molar-refractivity contribution in [2.45, 2.75) is 52.5 Å². The molecule has 0 radical (unpaired) electrons. The molecule has 35 heavy (non-hydrogen) atoms. The number of urea groups is 1. The van der Waals surface area contributed by atoms with Gasteiger partial charge in [-0.2, -0.15) is 0 Å². The van der Waals surface area contributed by atoms with E-state index in [2.05, 4.69) is 10.6 Å². The van der Waals surface area contributed by atoms with Gasteiger partial charge in [-0.05, 0) is 29.2 Å². The van der Waals surface area contributed by atoms with E-state index in [0.29, 0.717) is 0 Å². The van der Waals surface area contributed by atoms with Gasteiger partial charge < -0.3 is 30.5 Å². The molecule has 0 aliphatic carbocycles. The van der Waals surface area contributed by atoms with Crippen LogP contribution in [0.2, 0.25) is 0 Å². The zero-order valence-electron chi connectivity index (χ0n) is 20.4. The lowest BCUT2D eigenvalue weighted by molar-refractivity contribution is -0.153. The summed E-state index contributed by atoms with van der Waals surface area (Å²) in [6, 6.07) is 11.4. The minimum atomic E-state index is -1.78. The number of esters is 1. The molecule has 0 aliphatic rings. The molecular formula is C25H33N3O7. The predicted octanol–water partition coefficient (Wildman–Crippen LogP) is 1.89. The third-order valence-electron chi connectivity index (χ3n) is 5.14. The number of fused-ring (bicyclic) bond motifs is 1.